The first-order valence-electron chi connectivity index (χ1n) is 8.49. The largest absolute Gasteiger partial charge is 0.277 e. The normalized spacial score (nSPS) is 11.3. The lowest BCUT2D eigenvalue weighted by atomic mass is 10.0. The summed E-state index contributed by atoms with van der Waals surface area (Å²) in [5.41, 5.74) is 7.11. The van der Waals surface area contributed by atoms with E-state index in [0.29, 0.717) is 5.01 Å². The summed E-state index contributed by atoms with van der Waals surface area (Å²) in [6, 6.07) is 24.3. The Morgan fingerprint density at radius 1 is 1.04 bits per heavy atom. The fraction of sp³-hybridized carbons (Fsp3) is 0.0455. The third-order valence-electron chi connectivity index (χ3n) is 4.23. The van der Waals surface area contributed by atoms with Crippen LogP contribution in [-0.4, -0.2) is 10.7 Å². The maximum absolute atomic E-state index is 9.50. The summed E-state index contributed by atoms with van der Waals surface area (Å²) in [7, 11) is 0. The van der Waals surface area contributed by atoms with Crippen LogP contribution in [0, 0.1) is 18.3 Å². The van der Waals surface area contributed by atoms with E-state index in [9.17, 15) is 5.26 Å². The molecule has 0 aliphatic rings. The van der Waals surface area contributed by atoms with Crippen molar-refractivity contribution in [1.82, 2.24) is 4.98 Å². The fourth-order valence-electron chi connectivity index (χ4n) is 2.82. The fourth-order valence-corrected chi connectivity index (χ4v) is 3.58. The Morgan fingerprint density at radius 3 is 2.63 bits per heavy atom. The average molecular weight is 368 g/mol. The summed E-state index contributed by atoms with van der Waals surface area (Å²) >= 11 is 1.42. The second-order valence-corrected chi connectivity index (χ2v) is 6.97. The van der Waals surface area contributed by atoms with Gasteiger partial charge in [-0.05, 0) is 29.8 Å². The monoisotopic (exact) mass is 368 g/mol. The van der Waals surface area contributed by atoms with Crippen molar-refractivity contribution in [3.63, 3.8) is 0 Å². The number of nitrogens with one attached hydrogen (secondary N) is 1. The molecule has 0 saturated carbocycles. The van der Waals surface area contributed by atoms with E-state index < -0.39 is 0 Å². The molecule has 130 valence electrons. The van der Waals surface area contributed by atoms with Crippen LogP contribution in [0.25, 0.3) is 22.0 Å². The SMILES string of the molecule is Cc1ccc(NN=C(C#N)c2nc(-c3cccc4ccccc34)cs2)cc1. The van der Waals surface area contributed by atoms with Gasteiger partial charge in [0.1, 0.15) is 6.07 Å². The van der Waals surface area contributed by atoms with E-state index in [0.717, 1.165) is 22.3 Å². The van der Waals surface area contributed by atoms with Crippen molar-refractivity contribution in [3.05, 3.63) is 82.7 Å². The predicted molar refractivity (Wildman–Crippen MR) is 112 cm³/mol. The predicted octanol–water partition coefficient (Wildman–Crippen LogP) is 5.61. The zero-order valence-corrected chi connectivity index (χ0v) is 15.5. The van der Waals surface area contributed by atoms with Gasteiger partial charge < -0.3 is 0 Å². The highest BCUT2D eigenvalue weighted by Gasteiger charge is 2.12. The van der Waals surface area contributed by atoms with Crippen LogP contribution < -0.4 is 5.43 Å². The molecule has 0 aliphatic carbocycles. The van der Waals surface area contributed by atoms with Crippen molar-refractivity contribution in [1.29, 1.82) is 5.26 Å². The molecule has 0 saturated heterocycles. The maximum Gasteiger partial charge on any atom is 0.196 e. The van der Waals surface area contributed by atoms with Gasteiger partial charge in [-0.25, -0.2) is 4.98 Å². The summed E-state index contributed by atoms with van der Waals surface area (Å²) in [4.78, 5) is 4.65. The molecular formula is C22H16N4S. The Bertz CT molecular complexity index is 1160. The number of hydrogen-bond donors (Lipinski definition) is 1. The average Bonchev–Trinajstić information content (AvgIpc) is 3.19. The lowest BCUT2D eigenvalue weighted by Gasteiger charge is -2.03. The topological polar surface area (TPSA) is 61.1 Å². The number of nitrogens with zero attached hydrogens (tertiary/aromatic N) is 3. The van der Waals surface area contributed by atoms with Gasteiger partial charge in [0.25, 0.3) is 0 Å². The van der Waals surface area contributed by atoms with Crippen molar-refractivity contribution >= 4 is 33.5 Å². The molecule has 0 bridgehead atoms. The molecular weight excluding hydrogens is 352 g/mol. The number of aromatic nitrogens is 1. The van der Waals surface area contributed by atoms with Crippen molar-refractivity contribution in [2.75, 3.05) is 5.43 Å². The lowest BCUT2D eigenvalue weighted by molar-refractivity contribution is 1.30. The standard InChI is InChI=1S/C22H16N4S/c1-15-9-11-17(12-10-15)25-26-20(13-23)22-24-21(14-27-22)19-8-4-6-16-5-2-3-7-18(16)19/h2-12,14,25H,1H3. The summed E-state index contributed by atoms with van der Waals surface area (Å²) in [5.74, 6) is 0. The summed E-state index contributed by atoms with van der Waals surface area (Å²) in [6.45, 7) is 2.03. The molecule has 3 aromatic carbocycles. The number of aryl methyl sites for hydroxylation is 1. The van der Waals surface area contributed by atoms with Crippen LogP contribution in [-0.2, 0) is 0 Å². The number of thiazole rings is 1. The smallest absolute Gasteiger partial charge is 0.196 e. The van der Waals surface area contributed by atoms with E-state index in [4.69, 9.17) is 0 Å². The zero-order chi connectivity index (χ0) is 18.6. The molecule has 0 amide bonds. The molecule has 27 heavy (non-hydrogen) atoms. The first kappa shape index (κ1) is 17.0. The molecule has 0 unspecified atom stereocenters. The third kappa shape index (κ3) is 3.57. The van der Waals surface area contributed by atoms with E-state index in [1.165, 1.54) is 22.3 Å². The Morgan fingerprint density at radius 2 is 1.81 bits per heavy atom. The van der Waals surface area contributed by atoms with Crippen LogP contribution in [0.5, 0.6) is 0 Å². The minimum absolute atomic E-state index is 0.270. The number of hydrazone groups is 1. The lowest BCUT2D eigenvalue weighted by Crippen LogP contribution is -2.01. The van der Waals surface area contributed by atoms with Gasteiger partial charge >= 0.3 is 0 Å². The van der Waals surface area contributed by atoms with E-state index in [2.05, 4.69) is 45.8 Å². The molecule has 1 N–H and O–H groups in total. The van der Waals surface area contributed by atoms with Crippen molar-refractivity contribution < 1.29 is 0 Å². The van der Waals surface area contributed by atoms with Crippen LogP contribution in [0.4, 0.5) is 5.69 Å². The Kier molecular flexibility index (Phi) is 4.65. The third-order valence-corrected chi connectivity index (χ3v) is 5.08. The van der Waals surface area contributed by atoms with Gasteiger partial charge in [-0.1, -0.05) is 60.2 Å². The summed E-state index contributed by atoms with van der Waals surface area (Å²) in [6.07, 6.45) is 0. The highest BCUT2D eigenvalue weighted by atomic mass is 32.1. The van der Waals surface area contributed by atoms with Gasteiger partial charge in [0.2, 0.25) is 0 Å². The van der Waals surface area contributed by atoms with Crippen LogP contribution in [0.3, 0.4) is 0 Å². The number of benzene rings is 3. The summed E-state index contributed by atoms with van der Waals surface area (Å²) in [5, 5.41) is 18.6. The molecule has 0 aliphatic heterocycles. The molecule has 5 heteroatoms. The molecule has 1 aromatic heterocycles. The minimum Gasteiger partial charge on any atom is -0.277 e. The second-order valence-electron chi connectivity index (χ2n) is 6.11. The van der Waals surface area contributed by atoms with Crippen molar-refractivity contribution in [2.24, 2.45) is 5.10 Å². The molecule has 4 nitrogen and oxygen atoms in total. The number of nitriles is 1. The Hall–Kier alpha value is -3.49. The molecule has 0 spiro atoms. The van der Waals surface area contributed by atoms with Crippen molar-refractivity contribution in [3.8, 4) is 17.3 Å². The molecule has 4 aromatic rings. The number of anilines is 1. The van der Waals surface area contributed by atoms with E-state index in [1.54, 1.807) is 0 Å². The highest BCUT2D eigenvalue weighted by molar-refractivity contribution is 7.12. The van der Waals surface area contributed by atoms with Crippen LogP contribution >= 0.6 is 11.3 Å². The van der Waals surface area contributed by atoms with Crippen LogP contribution in [0.2, 0.25) is 0 Å². The van der Waals surface area contributed by atoms with Gasteiger partial charge in [0, 0.05) is 10.9 Å². The van der Waals surface area contributed by atoms with Gasteiger partial charge in [-0.3, -0.25) is 5.43 Å². The maximum atomic E-state index is 9.50. The Balaban J connectivity index is 1.65. The number of hydrogen-bond acceptors (Lipinski definition) is 5. The van der Waals surface area contributed by atoms with Gasteiger partial charge in [-0.2, -0.15) is 10.4 Å². The zero-order valence-electron chi connectivity index (χ0n) is 14.7. The number of rotatable bonds is 4. The minimum atomic E-state index is 0.270. The van der Waals surface area contributed by atoms with Gasteiger partial charge in [0.15, 0.2) is 10.7 Å². The molecule has 4 rings (SSSR count). The first-order chi connectivity index (χ1) is 13.2. The Labute approximate surface area is 161 Å². The molecule has 0 atom stereocenters. The molecule has 0 radical (unpaired) electrons. The first-order valence-corrected chi connectivity index (χ1v) is 9.37. The quantitative estimate of drug-likeness (QED) is 0.376. The summed E-state index contributed by atoms with van der Waals surface area (Å²) < 4.78 is 0. The second kappa shape index (κ2) is 7.40. The van der Waals surface area contributed by atoms with E-state index in [-0.39, 0.29) is 5.71 Å². The van der Waals surface area contributed by atoms with Gasteiger partial charge in [-0.15, -0.1) is 11.3 Å². The number of fused-ring (bicyclic) bond motifs is 1. The van der Waals surface area contributed by atoms with E-state index in [1.807, 2.05) is 54.8 Å². The van der Waals surface area contributed by atoms with E-state index >= 15 is 0 Å². The van der Waals surface area contributed by atoms with Crippen LogP contribution in [0.15, 0.2) is 77.2 Å². The van der Waals surface area contributed by atoms with Crippen LogP contribution in [0.1, 0.15) is 10.6 Å². The molecule has 0 fully saturated rings. The van der Waals surface area contributed by atoms with Crippen molar-refractivity contribution in [2.45, 2.75) is 6.92 Å². The molecule has 1 heterocycles. The van der Waals surface area contributed by atoms with Gasteiger partial charge in [0.05, 0.1) is 11.4 Å². The highest BCUT2D eigenvalue weighted by Crippen LogP contribution is 2.29.